The smallest absolute Gasteiger partial charge is 0.261 e. The van der Waals surface area contributed by atoms with Crippen LogP contribution < -0.4 is 10.0 Å². The number of hydrogen-bond donors (Lipinski definition) is 2. The number of halogens is 2. The molecule has 0 saturated heterocycles. The van der Waals surface area contributed by atoms with Crippen molar-refractivity contribution in [3.63, 3.8) is 0 Å². The van der Waals surface area contributed by atoms with E-state index in [9.17, 15) is 13.2 Å². The lowest BCUT2D eigenvalue weighted by atomic mass is 10.2. The predicted octanol–water partition coefficient (Wildman–Crippen LogP) is 5.83. The quantitative estimate of drug-likeness (QED) is 0.416. The highest BCUT2D eigenvalue weighted by atomic mass is 35.5. The van der Waals surface area contributed by atoms with Crippen LogP contribution in [0.25, 0.3) is 0 Å². The molecule has 3 aromatic carbocycles. The number of thioether (sulfide) groups is 1. The lowest BCUT2D eigenvalue weighted by Gasteiger charge is -2.13. The van der Waals surface area contributed by atoms with Crippen molar-refractivity contribution in [2.24, 2.45) is 0 Å². The second kappa shape index (κ2) is 9.75. The highest BCUT2D eigenvalue weighted by Gasteiger charge is 2.16. The molecule has 0 atom stereocenters. The van der Waals surface area contributed by atoms with Gasteiger partial charge in [-0.1, -0.05) is 53.0 Å². The molecule has 0 aromatic heterocycles. The van der Waals surface area contributed by atoms with Crippen molar-refractivity contribution >= 4 is 62.3 Å². The monoisotopic (exact) mass is 480 g/mol. The molecule has 0 heterocycles. The molecule has 1 amide bonds. The lowest BCUT2D eigenvalue weighted by Crippen LogP contribution is -2.15. The third-order valence-electron chi connectivity index (χ3n) is 4.03. The first-order chi connectivity index (χ1) is 14.2. The van der Waals surface area contributed by atoms with Gasteiger partial charge in [0.15, 0.2) is 0 Å². The molecule has 0 bridgehead atoms. The average Bonchev–Trinajstić information content (AvgIpc) is 2.69. The van der Waals surface area contributed by atoms with Crippen molar-refractivity contribution in [3.05, 3.63) is 82.3 Å². The molecule has 156 valence electrons. The summed E-state index contributed by atoms with van der Waals surface area (Å²) in [6.45, 7) is 1.89. The van der Waals surface area contributed by atoms with Crippen LogP contribution in [0.2, 0.25) is 10.0 Å². The summed E-state index contributed by atoms with van der Waals surface area (Å²) in [4.78, 5) is 13.1. The number of benzene rings is 3. The van der Waals surface area contributed by atoms with Crippen LogP contribution in [0, 0.1) is 6.92 Å². The van der Waals surface area contributed by atoms with Crippen molar-refractivity contribution in [1.29, 1.82) is 0 Å². The topological polar surface area (TPSA) is 75.3 Å². The Labute approximate surface area is 189 Å². The molecule has 0 saturated carbocycles. The summed E-state index contributed by atoms with van der Waals surface area (Å²) in [5.74, 6) is -0.206. The Kier molecular flexibility index (Phi) is 7.31. The minimum atomic E-state index is -3.74. The highest BCUT2D eigenvalue weighted by Crippen LogP contribution is 2.30. The fourth-order valence-electron chi connectivity index (χ4n) is 2.52. The third kappa shape index (κ3) is 5.92. The first-order valence-electron chi connectivity index (χ1n) is 8.81. The lowest BCUT2D eigenvalue weighted by molar-refractivity contribution is -0.113. The van der Waals surface area contributed by atoms with Gasteiger partial charge in [0.05, 0.1) is 27.0 Å². The Bertz CT molecular complexity index is 1170. The Morgan fingerprint density at radius 1 is 0.967 bits per heavy atom. The summed E-state index contributed by atoms with van der Waals surface area (Å²) in [6, 6.07) is 18.3. The van der Waals surface area contributed by atoms with Crippen LogP contribution >= 0.6 is 35.0 Å². The molecule has 0 radical (unpaired) electrons. The zero-order chi connectivity index (χ0) is 21.7. The molecule has 2 N–H and O–H groups in total. The van der Waals surface area contributed by atoms with Gasteiger partial charge in [0.1, 0.15) is 0 Å². The SMILES string of the molecule is Cc1ccc(S(=O)(=O)Nc2ccccc2SCC(=O)Nc2ccc(Cl)cc2Cl)cc1. The van der Waals surface area contributed by atoms with E-state index in [2.05, 4.69) is 10.0 Å². The van der Waals surface area contributed by atoms with Crippen LogP contribution in [0.1, 0.15) is 5.56 Å². The van der Waals surface area contributed by atoms with Gasteiger partial charge in [0.2, 0.25) is 5.91 Å². The summed E-state index contributed by atoms with van der Waals surface area (Å²) >= 11 is 13.1. The molecule has 0 aliphatic rings. The minimum Gasteiger partial charge on any atom is -0.324 e. The van der Waals surface area contributed by atoms with Gasteiger partial charge in [-0.05, 0) is 49.4 Å². The number of amides is 1. The molecule has 9 heteroatoms. The van der Waals surface area contributed by atoms with E-state index in [4.69, 9.17) is 23.2 Å². The molecular weight excluding hydrogens is 463 g/mol. The predicted molar refractivity (Wildman–Crippen MR) is 124 cm³/mol. The number of para-hydroxylation sites is 1. The molecule has 0 unspecified atom stereocenters. The van der Waals surface area contributed by atoms with E-state index >= 15 is 0 Å². The Balaban J connectivity index is 1.69. The van der Waals surface area contributed by atoms with Crippen molar-refractivity contribution < 1.29 is 13.2 Å². The zero-order valence-corrected chi connectivity index (χ0v) is 19.0. The molecule has 3 aromatic rings. The minimum absolute atomic E-state index is 0.0717. The van der Waals surface area contributed by atoms with E-state index in [-0.39, 0.29) is 16.6 Å². The Morgan fingerprint density at radius 2 is 1.67 bits per heavy atom. The second-order valence-corrected chi connectivity index (χ2v) is 9.92. The molecule has 0 fully saturated rings. The molecule has 3 rings (SSSR count). The van der Waals surface area contributed by atoms with Gasteiger partial charge in [-0.3, -0.25) is 9.52 Å². The number of hydrogen-bond acceptors (Lipinski definition) is 4. The van der Waals surface area contributed by atoms with Crippen LogP contribution in [-0.4, -0.2) is 20.1 Å². The van der Waals surface area contributed by atoms with E-state index in [1.165, 1.54) is 11.8 Å². The number of carbonyl (C=O) groups excluding carboxylic acids is 1. The highest BCUT2D eigenvalue weighted by molar-refractivity contribution is 8.00. The van der Waals surface area contributed by atoms with Gasteiger partial charge in [-0.25, -0.2) is 8.42 Å². The summed E-state index contributed by atoms with van der Waals surface area (Å²) < 4.78 is 28.0. The zero-order valence-electron chi connectivity index (χ0n) is 15.9. The second-order valence-electron chi connectivity index (χ2n) is 6.38. The Hall–Kier alpha value is -2.19. The fraction of sp³-hybridized carbons (Fsp3) is 0.0952. The van der Waals surface area contributed by atoms with E-state index in [1.807, 2.05) is 6.92 Å². The van der Waals surface area contributed by atoms with Crippen LogP contribution in [-0.2, 0) is 14.8 Å². The van der Waals surface area contributed by atoms with Crippen molar-refractivity contribution in [1.82, 2.24) is 0 Å². The molecule has 0 aliphatic heterocycles. The van der Waals surface area contributed by atoms with Gasteiger partial charge in [-0.15, -0.1) is 11.8 Å². The van der Waals surface area contributed by atoms with E-state index in [0.29, 0.717) is 26.3 Å². The van der Waals surface area contributed by atoms with E-state index < -0.39 is 10.0 Å². The average molecular weight is 481 g/mol. The molecule has 0 spiro atoms. The van der Waals surface area contributed by atoms with Gasteiger partial charge >= 0.3 is 0 Å². The van der Waals surface area contributed by atoms with Crippen LogP contribution in [0.15, 0.2) is 76.5 Å². The number of aryl methyl sites for hydroxylation is 1. The number of anilines is 2. The third-order valence-corrected chi connectivity index (χ3v) is 7.03. The van der Waals surface area contributed by atoms with Crippen LogP contribution in [0.3, 0.4) is 0 Å². The van der Waals surface area contributed by atoms with Gasteiger partial charge in [0.25, 0.3) is 10.0 Å². The number of carbonyl (C=O) groups is 1. The van der Waals surface area contributed by atoms with E-state index in [0.717, 1.165) is 5.56 Å². The maximum Gasteiger partial charge on any atom is 0.261 e. The standard InChI is InChI=1S/C21H18Cl2N2O3S2/c1-14-6-9-16(10-7-14)30(27,28)25-19-4-2-3-5-20(19)29-13-21(26)24-18-11-8-15(22)12-17(18)23/h2-12,25H,13H2,1H3,(H,24,26). The van der Waals surface area contributed by atoms with Crippen molar-refractivity contribution in [2.75, 3.05) is 15.8 Å². The molecule has 30 heavy (non-hydrogen) atoms. The summed E-state index contributed by atoms with van der Waals surface area (Å²) in [6.07, 6.45) is 0. The number of sulfonamides is 1. The van der Waals surface area contributed by atoms with Crippen molar-refractivity contribution in [2.45, 2.75) is 16.7 Å². The molecule has 5 nitrogen and oxygen atoms in total. The molecular formula is C21H18Cl2N2O3S2. The van der Waals surface area contributed by atoms with Crippen LogP contribution in [0.4, 0.5) is 11.4 Å². The number of rotatable bonds is 7. The number of nitrogens with one attached hydrogen (secondary N) is 2. The maximum atomic E-state index is 12.7. The molecule has 0 aliphatic carbocycles. The van der Waals surface area contributed by atoms with Crippen molar-refractivity contribution in [3.8, 4) is 0 Å². The largest absolute Gasteiger partial charge is 0.324 e. The van der Waals surface area contributed by atoms with E-state index in [1.54, 1.807) is 66.7 Å². The first kappa shape index (κ1) is 22.5. The van der Waals surface area contributed by atoms with Gasteiger partial charge in [0, 0.05) is 9.92 Å². The summed E-state index contributed by atoms with van der Waals surface area (Å²) in [5.41, 5.74) is 1.83. The summed E-state index contributed by atoms with van der Waals surface area (Å²) in [7, 11) is -3.74. The normalized spacial score (nSPS) is 11.2. The van der Waals surface area contributed by atoms with Gasteiger partial charge < -0.3 is 5.32 Å². The Morgan fingerprint density at radius 3 is 2.37 bits per heavy atom. The first-order valence-corrected chi connectivity index (χ1v) is 12.0. The maximum absolute atomic E-state index is 12.7. The van der Waals surface area contributed by atoms with Gasteiger partial charge in [-0.2, -0.15) is 0 Å². The van der Waals surface area contributed by atoms with Crippen LogP contribution in [0.5, 0.6) is 0 Å². The fourth-order valence-corrected chi connectivity index (χ4v) is 4.93. The summed E-state index contributed by atoms with van der Waals surface area (Å²) in [5, 5.41) is 3.53.